The molecule has 1 rings (SSSR count). The van der Waals surface area contributed by atoms with Gasteiger partial charge in [0.15, 0.2) is 0 Å². The highest BCUT2D eigenvalue weighted by atomic mass is 35.5. The maximum absolute atomic E-state index is 9.67. The van der Waals surface area contributed by atoms with E-state index in [9.17, 15) is 5.11 Å². The van der Waals surface area contributed by atoms with Crippen LogP contribution in [0.15, 0.2) is 24.3 Å². The molecule has 0 saturated heterocycles. The Hall–Kier alpha value is -1.08. The van der Waals surface area contributed by atoms with E-state index in [1.807, 2.05) is 12.1 Å². The molecule has 1 aromatic rings. The average molecular weight is 241 g/mol. The van der Waals surface area contributed by atoms with Crippen molar-refractivity contribution in [3.05, 3.63) is 35.4 Å². The Morgan fingerprint density at radius 1 is 1.38 bits per heavy atom. The Kier molecular flexibility index (Phi) is 5.46. The largest absolute Gasteiger partial charge is 0.389 e. The summed E-state index contributed by atoms with van der Waals surface area (Å²) < 4.78 is 0. The van der Waals surface area contributed by atoms with E-state index in [4.69, 9.17) is 11.0 Å². The highest BCUT2D eigenvalue weighted by molar-refractivity contribution is 5.85. The number of nitriles is 1. The summed E-state index contributed by atoms with van der Waals surface area (Å²) >= 11 is 0. The molecule has 0 amide bonds. The van der Waals surface area contributed by atoms with E-state index in [1.165, 1.54) is 0 Å². The first-order chi connectivity index (χ1) is 6.93. The quantitative estimate of drug-likeness (QED) is 0.844. The predicted molar refractivity (Wildman–Crippen MR) is 66.4 cm³/mol. The minimum Gasteiger partial charge on any atom is -0.389 e. The maximum atomic E-state index is 9.67. The summed E-state index contributed by atoms with van der Waals surface area (Å²) in [5, 5.41) is 18.3. The third-order valence-corrected chi connectivity index (χ3v) is 2.45. The number of nitrogens with two attached hydrogens (primary N) is 1. The standard InChI is InChI=1S/C12H16N2O.ClH/c1-12(2,15)11(14)7-9-3-5-10(8-13)6-4-9;/h3-6,11,15H,7,14H2,1-2H3;1H. The lowest BCUT2D eigenvalue weighted by molar-refractivity contribution is 0.0521. The molecule has 16 heavy (non-hydrogen) atoms. The van der Waals surface area contributed by atoms with Crippen molar-refractivity contribution in [2.75, 3.05) is 0 Å². The Balaban J connectivity index is 0.00000225. The predicted octanol–water partition coefficient (Wildman–Crippen LogP) is 1.62. The number of benzene rings is 1. The second-order valence-electron chi connectivity index (χ2n) is 4.27. The van der Waals surface area contributed by atoms with Crippen molar-refractivity contribution in [1.82, 2.24) is 0 Å². The molecule has 1 aromatic carbocycles. The maximum Gasteiger partial charge on any atom is 0.0991 e. The highest BCUT2D eigenvalue weighted by Crippen LogP contribution is 2.12. The molecule has 0 spiro atoms. The molecule has 3 N–H and O–H groups in total. The van der Waals surface area contributed by atoms with Crippen molar-refractivity contribution >= 4 is 12.4 Å². The fourth-order valence-corrected chi connectivity index (χ4v) is 1.22. The van der Waals surface area contributed by atoms with E-state index < -0.39 is 5.60 Å². The third-order valence-electron chi connectivity index (χ3n) is 2.45. The van der Waals surface area contributed by atoms with Crippen molar-refractivity contribution in [2.24, 2.45) is 5.73 Å². The van der Waals surface area contributed by atoms with Crippen molar-refractivity contribution in [3.63, 3.8) is 0 Å². The zero-order valence-electron chi connectivity index (χ0n) is 9.47. The van der Waals surface area contributed by atoms with Gasteiger partial charge in [0.2, 0.25) is 0 Å². The molecular formula is C12H17ClN2O. The smallest absolute Gasteiger partial charge is 0.0991 e. The molecular weight excluding hydrogens is 224 g/mol. The number of aliphatic hydroxyl groups is 1. The minimum atomic E-state index is -0.881. The molecule has 4 heteroatoms. The van der Waals surface area contributed by atoms with E-state index in [2.05, 4.69) is 6.07 Å². The van der Waals surface area contributed by atoms with Crippen molar-refractivity contribution in [3.8, 4) is 6.07 Å². The zero-order valence-corrected chi connectivity index (χ0v) is 10.3. The molecule has 1 atom stereocenters. The number of hydrogen-bond acceptors (Lipinski definition) is 3. The first-order valence-corrected chi connectivity index (χ1v) is 4.90. The van der Waals surface area contributed by atoms with E-state index >= 15 is 0 Å². The van der Waals surface area contributed by atoms with Crippen LogP contribution in [-0.4, -0.2) is 16.7 Å². The van der Waals surface area contributed by atoms with Crippen LogP contribution in [0.3, 0.4) is 0 Å². The van der Waals surface area contributed by atoms with E-state index in [0.717, 1.165) is 5.56 Å². The molecule has 0 heterocycles. The summed E-state index contributed by atoms with van der Waals surface area (Å²) in [6.07, 6.45) is 0.606. The molecule has 0 aliphatic carbocycles. The van der Waals surface area contributed by atoms with Crippen molar-refractivity contribution in [1.29, 1.82) is 5.26 Å². The SMILES string of the molecule is CC(C)(O)C(N)Cc1ccc(C#N)cc1.Cl. The van der Waals surface area contributed by atoms with E-state index in [-0.39, 0.29) is 18.4 Å². The van der Waals surface area contributed by atoms with Crippen LogP contribution in [0, 0.1) is 11.3 Å². The lowest BCUT2D eigenvalue weighted by atomic mass is 9.93. The molecule has 0 fully saturated rings. The van der Waals surface area contributed by atoms with Gasteiger partial charge in [-0.25, -0.2) is 0 Å². The Labute approximate surface area is 102 Å². The van der Waals surface area contributed by atoms with Gasteiger partial charge in [0, 0.05) is 6.04 Å². The van der Waals surface area contributed by atoms with Crippen LogP contribution < -0.4 is 5.73 Å². The summed E-state index contributed by atoms with van der Waals surface area (Å²) in [7, 11) is 0. The molecule has 0 saturated carbocycles. The Morgan fingerprint density at radius 3 is 2.25 bits per heavy atom. The second kappa shape index (κ2) is 5.86. The zero-order chi connectivity index (χ0) is 11.5. The number of nitrogens with zero attached hydrogens (tertiary/aromatic N) is 1. The molecule has 0 radical (unpaired) electrons. The van der Waals surface area contributed by atoms with Crippen LogP contribution in [0.25, 0.3) is 0 Å². The van der Waals surface area contributed by atoms with Gasteiger partial charge in [0.25, 0.3) is 0 Å². The van der Waals surface area contributed by atoms with Crippen LogP contribution in [0.1, 0.15) is 25.0 Å². The van der Waals surface area contributed by atoms with Crippen LogP contribution >= 0.6 is 12.4 Å². The first kappa shape index (κ1) is 14.9. The Bertz CT molecular complexity index is 362. The normalized spacial score (nSPS) is 12.4. The van der Waals surface area contributed by atoms with Crippen molar-refractivity contribution in [2.45, 2.75) is 31.9 Å². The molecule has 88 valence electrons. The number of hydrogen-bond donors (Lipinski definition) is 2. The van der Waals surface area contributed by atoms with Crippen LogP contribution in [0.4, 0.5) is 0 Å². The van der Waals surface area contributed by atoms with Crippen LogP contribution in [0.5, 0.6) is 0 Å². The van der Waals surface area contributed by atoms with Gasteiger partial charge in [0.05, 0.1) is 17.2 Å². The fourth-order valence-electron chi connectivity index (χ4n) is 1.22. The van der Waals surface area contributed by atoms with Gasteiger partial charge >= 0.3 is 0 Å². The highest BCUT2D eigenvalue weighted by Gasteiger charge is 2.22. The first-order valence-electron chi connectivity index (χ1n) is 4.90. The van der Waals surface area contributed by atoms with Gasteiger partial charge in [-0.15, -0.1) is 12.4 Å². The fraction of sp³-hybridized carbons (Fsp3) is 0.417. The molecule has 0 aliphatic rings. The topological polar surface area (TPSA) is 70.0 Å². The summed E-state index contributed by atoms with van der Waals surface area (Å²) in [5.74, 6) is 0. The summed E-state index contributed by atoms with van der Waals surface area (Å²) in [4.78, 5) is 0. The monoisotopic (exact) mass is 240 g/mol. The lowest BCUT2D eigenvalue weighted by Gasteiger charge is -2.25. The van der Waals surface area contributed by atoms with Gasteiger partial charge < -0.3 is 10.8 Å². The van der Waals surface area contributed by atoms with Gasteiger partial charge in [-0.05, 0) is 38.0 Å². The Morgan fingerprint density at radius 2 is 1.88 bits per heavy atom. The van der Waals surface area contributed by atoms with Gasteiger partial charge in [-0.3, -0.25) is 0 Å². The summed E-state index contributed by atoms with van der Waals surface area (Å²) in [5.41, 5.74) is 6.62. The number of rotatable bonds is 3. The minimum absolute atomic E-state index is 0. The molecule has 3 nitrogen and oxygen atoms in total. The van der Waals surface area contributed by atoms with Crippen LogP contribution in [-0.2, 0) is 6.42 Å². The molecule has 0 aliphatic heterocycles. The summed E-state index contributed by atoms with van der Waals surface area (Å²) in [6.45, 7) is 3.39. The average Bonchev–Trinajstić information content (AvgIpc) is 2.17. The second-order valence-corrected chi connectivity index (χ2v) is 4.27. The summed E-state index contributed by atoms with van der Waals surface area (Å²) in [6, 6.07) is 9.00. The van der Waals surface area contributed by atoms with E-state index in [0.29, 0.717) is 12.0 Å². The molecule has 0 bridgehead atoms. The van der Waals surface area contributed by atoms with E-state index in [1.54, 1.807) is 26.0 Å². The van der Waals surface area contributed by atoms with Gasteiger partial charge in [-0.1, -0.05) is 12.1 Å². The lowest BCUT2D eigenvalue weighted by Crippen LogP contribution is -2.44. The van der Waals surface area contributed by atoms with Crippen LogP contribution in [0.2, 0.25) is 0 Å². The van der Waals surface area contributed by atoms with Gasteiger partial charge in [-0.2, -0.15) is 5.26 Å². The third kappa shape index (κ3) is 4.19. The number of halogens is 1. The van der Waals surface area contributed by atoms with Crippen molar-refractivity contribution < 1.29 is 5.11 Å². The van der Waals surface area contributed by atoms with Gasteiger partial charge in [0.1, 0.15) is 0 Å². The molecule has 0 aromatic heterocycles. The molecule has 1 unspecified atom stereocenters.